The van der Waals surface area contributed by atoms with Crippen molar-refractivity contribution in [2.45, 2.75) is 6.61 Å². The lowest BCUT2D eigenvalue weighted by Gasteiger charge is -2.10. The van der Waals surface area contributed by atoms with Crippen LogP contribution in [0.4, 0.5) is 0 Å². The van der Waals surface area contributed by atoms with E-state index in [0.717, 1.165) is 22.6 Å². The van der Waals surface area contributed by atoms with E-state index in [2.05, 4.69) is 0 Å². The van der Waals surface area contributed by atoms with Crippen LogP contribution in [0.2, 0.25) is 0 Å². The third-order valence-electron chi connectivity index (χ3n) is 2.74. The Labute approximate surface area is 118 Å². The van der Waals surface area contributed by atoms with Crippen molar-refractivity contribution in [3.63, 3.8) is 0 Å². The molecular weight excluding hydrogens is 258 g/mol. The molecule has 0 atom stereocenters. The lowest BCUT2D eigenvalue weighted by Crippen LogP contribution is -2.13. The van der Waals surface area contributed by atoms with Gasteiger partial charge in [0.25, 0.3) is 0 Å². The number of ether oxygens (including phenoxy) is 2. The maximum atomic E-state index is 5.71. The van der Waals surface area contributed by atoms with E-state index in [1.807, 2.05) is 48.5 Å². The number of methoxy groups -OCH3 is 1. The number of hydrogen-bond acceptors (Lipinski definition) is 3. The molecular formula is C15H15NO2S. The highest BCUT2D eigenvalue weighted by Gasteiger charge is 2.05. The van der Waals surface area contributed by atoms with E-state index in [-0.39, 0.29) is 0 Å². The van der Waals surface area contributed by atoms with Crippen molar-refractivity contribution in [3.05, 3.63) is 59.7 Å². The second-order valence-electron chi connectivity index (χ2n) is 3.99. The lowest BCUT2D eigenvalue weighted by molar-refractivity contribution is 0.305. The molecule has 0 spiro atoms. The summed E-state index contributed by atoms with van der Waals surface area (Å²) in [5.41, 5.74) is 7.51. The molecule has 98 valence electrons. The molecule has 19 heavy (non-hydrogen) atoms. The molecule has 0 heterocycles. The molecule has 0 amide bonds. The molecule has 3 nitrogen and oxygen atoms in total. The van der Waals surface area contributed by atoms with Gasteiger partial charge in [-0.2, -0.15) is 0 Å². The zero-order valence-electron chi connectivity index (χ0n) is 10.6. The van der Waals surface area contributed by atoms with Crippen LogP contribution >= 0.6 is 12.2 Å². The largest absolute Gasteiger partial charge is 0.497 e. The van der Waals surface area contributed by atoms with Crippen LogP contribution < -0.4 is 15.2 Å². The third kappa shape index (κ3) is 3.45. The van der Waals surface area contributed by atoms with E-state index in [4.69, 9.17) is 27.4 Å². The van der Waals surface area contributed by atoms with Crippen LogP contribution in [0.15, 0.2) is 48.5 Å². The molecule has 2 aromatic carbocycles. The molecule has 0 saturated carbocycles. The fourth-order valence-electron chi connectivity index (χ4n) is 1.72. The summed E-state index contributed by atoms with van der Waals surface area (Å²) in [4.78, 5) is 0.383. The van der Waals surface area contributed by atoms with Crippen LogP contribution in [0, 0.1) is 0 Å². The lowest BCUT2D eigenvalue weighted by atomic mass is 10.1. The molecule has 0 radical (unpaired) electrons. The summed E-state index contributed by atoms with van der Waals surface area (Å²) in [6.07, 6.45) is 0. The van der Waals surface area contributed by atoms with Gasteiger partial charge in [0, 0.05) is 5.56 Å². The molecule has 0 aliphatic heterocycles. The molecule has 0 saturated heterocycles. The first kappa shape index (κ1) is 13.4. The Balaban J connectivity index is 2.07. The second-order valence-corrected chi connectivity index (χ2v) is 4.43. The van der Waals surface area contributed by atoms with Gasteiger partial charge in [-0.1, -0.05) is 36.5 Å². The van der Waals surface area contributed by atoms with Gasteiger partial charge in [0.05, 0.1) is 7.11 Å². The van der Waals surface area contributed by atoms with Crippen molar-refractivity contribution in [3.8, 4) is 11.5 Å². The molecule has 2 rings (SSSR count). The maximum Gasteiger partial charge on any atom is 0.120 e. The van der Waals surface area contributed by atoms with Crippen LogP contribution in [0.5, 0.6) is 11.5 Å². The molecule has 2 aromatic rings. The summed E-state index contributed by atoms with van der Waals surface area (Å²) in [5, 5.41) is 0. The smallest absolute Gasteiger partial charge is 0.120 e. The summed E-state index contributed by atoms with van der Waals surface area (Å²) in [6, 6.07) is 15.1. The fraction of sp³-hybridized carbons (Fsp3) is 0.133. The van der Waals surface area contributed by atoms with Crippen molar-refractivity contribution < 1.29 is 9.47 Å². The monoisotopic (exact) mass is 273 g/mol. The first-order valence-electron chi connectivity index (χ1n) is 5.85. The topological polar surface area (TPSA) is 44.5 Å². The van der Waals surface area contributed by atoms with Crippen molar-refractivity contribution in [1.82, 2.24) is 0 Å². The van der Waals surface area contributed by atoms with Crippen molar-refractivity contribution >= 4 is 17.2 Å². The number of hydrogen-bond donors (Lipinski definition) is 1. The van der Waals surface area contributed by atoms with Crippen LogP contribution in [0.3, 0.4) is 0 Å². The van der Waals surface area contributed by atoms with Crippen LogP contribution in [-0.4, -0.2) is 12.1 Å². The summed E-state index contributed by atoms with van der Waals surface area (Å²) in [5.74, 6) is 1.58. The van der Waals surface area contributed by atoms with Gasteiger partial charge in [0.2, 0.25) is 0 Å². The van der Waals surface area contributed by atoms with E-state index in [1.165, 1.54) is 0 Å². The highest BCUT2D eigenvalue weighted by molar-refractivity contribution is 7.80. The summed E-state index contributed by atoms with van der Waals surface area (Å²) < 4.78 is 10.8. The van der Waals surface area contributed by atoms with E-state index < -0.39 is 0 Å². The quantitative estimate of drug-likeness (QED) is 0.851. The van der Waals surface area contributed by atoms with Gasteiger partial charge in [0.1, 0.15) is 23.1 Å². The molecule has 2 N–H and O–H groups in total. The highest BCUT2D eigenvalue weighted by Crippen LogP contribution is 2.19. The van der Waals surface area contributed by atoms with Gasteiger partial charge in [0.15, 0.2) is 0 Å². The van der Waals surface area contributed by atoms with Crippen LogP contribution in [0.1, 0.15) is 11.1 Å². The normalized spacial score (nSPS) is 9.95. The standard InChI is InChI=1S/C15H15NO2S/c1-17-12-6-8-13(9-7-12)18-10-11-4-2-3-5-14(11)15(16)19/h2-9H,10H2,1H3,(H2,16,19). The Bertz CT molecular complexity index is 567. The third-order valence-corrected chi connectivity index (χ3v) is 2.96. The number of nitrogens with two attached hydrogens (primary N) is 1. The minimum Gasteiger partial charge on any atom is -0.497 e. The molecule has 0 aliphatic rings. The van der Waals surface area contributed by atoms with E-state index in [0.29, 0.717) is 11.6 Å². The fourth-order valence-corrected chi connectivity index (χ4v) is 1.92. The Morgan fingerprint density at radius 2 is 1.68 bits per heavy atom. The average Bonchev–Trinajstić information content (AvgIpc) is 2.46. The predicted octanol–water partition coefficient (Wildman–Crippen LogP) is 2.91. The van der Waals surface area contributed by atoms with Gasteiger partial charge in [-0.25, -0.2) is 0 Å². The SMILES string of the molecule is COc1ccc(OCc2ccccc2C(N)=S)cc1. The average molecular weight is 273 g/mol. The Morgan fingerprint density at radius 1 is 1.05 bits per heavy atom. The first-order valence-corrected chi connectivity index (χ1v) is 6.26. The number of benzene rings is 2. The Kier molecular flexibility index (Phi) is 4.36. The molecule has 4 heteroatoms. The summed E-state index contributed by atoms with van der Waals surface area (Å²) in [7, 11) is 1.63. The minimum absolute atomic E-state index is 0.383. The van der Waals surface area contributed by atoms with Crippen molar-refractivity contribution in [2.24, 2.45) is 5.73 Å². The van der Waals surface area contributed by atoms with Gasteiger partial charge >= 0.3 is 0 Å². The number of rotatable bonds is 5. The van der Waals surface area contributed by atoms with E-state index >= 15 is 0 Å². The first-order chi connectivity index (χ1) is 9.20. The van der Waals surface area contributed by atoms with E-state index in [1.54, 1.807) is 7.11 Å². The molecule has 0 aliphatic carbocycles. The Hall–Kier alpha value is -2.07. The highest BCUT2D eigenvalue weighted by atomic mass is 32.1. The van der Waals surface area contributed by atoms with Gasteiger partial charge in [-0.05, 0) is 29.8 Å². The molecule has 0 aromatic heterocycles. The predicted molar refractivity (Wildman–Crippen MR) is 79.7 cm³/mol. The van der Waals surface area contributed by atoms with Gasteiger partial charge < -0.3 is 15.2 Å². The summed E-state index contributed by atoms with van der Waals surface area (Å²) >= 11 is 5.02. The van der Waals surface area contributed by atoms with Gasteiger partial charge in [-0.3, -0.25) is 0 Å². The van der Waals surface area contributed by atoms with Crippen LogP contribution in [0.25, 0.3) is 0 Å². The van der Waals surface area contributed by atoms with E-state index in [9.17, 15) is 0 Å². The number of thiocarbonyl (C=S) groups is 1. The zero-order valence-corrected chi connectivity index (χ0v) is 11.4. The maximum absolute atomic E-state index is 5.71. The van der Waals surface area contributed by atoms with Gasteiger partial charge in [-0.15, -0.1) is 0 Å². The molecule has 0 fully saturated rings. The minimum atomic E-state index is 0.383. The Morgan fingerprint density at radius 3 is 2.32 bits per heavy atom. The van der Waals surface area contributed by atoms with Crippen LogP contribution in [-0.2, 0) is 6.61 Å². The molecule has 0 unspecified atom stereocenters. The molecule has 0 bridgehead atoms. The zero-order chi connectivity index (χ0) is 13.7. The van der Waals surface area contributed by atoms with Crippen molar-refractivity contribution in [1.29, 1.82) is 0 Å². The summed E-state index contributed by atoms with van der Waals surface area (Å²) in [6.45, 7) is 0.430. The second kappa shape index (κ2) is 6.20. The van der Waals surface area contributed by atoms with Crippen molar-refractivity contribution in [2.75, 3.05) is 7.11 Å².